The van der Waals surface area contributed by atoms with Crippen LogP contribution in [0.4, 0.5) is 15.9 Å². The van der Waals surface area contributed by atoms with Crippen molar-refractivity contribution in [3.05, 3.63) is 59.3 Å². The van der Waals surface area contributed by atoms with E-state index < -0.39 is 11.7 Å². The molecule has 1 N–H and O–H groups in total. The van der Waals surface area contributed by atoms with Gasteiger partial charge in [-0.3, -0.25) is 4.79 Å². The van der Waals surface area contributed by atoms with Gasteiger partial charge in [-0.25, -0.2) is 14.4 Å². The molecule has 0 atom stereocenters. The topological polar surface area (TPSA) is 97.8 Å². The van der Waals surface area contributed by atoms with Crippen molar-refractivity contribution in [1.82, 2.24) is 19.6 Å². The number of anilines is 2. The van der Waals surface area contributed by atoms with Crippen LogP contribution in [-0.4, -0.2) is 51.8 Å². The molecule has 3 aromatic heterocycles. The molecule has 10 heteroatoms. The van der Waals surface area contributed by atoms with Crippen molar-refractivity contribution in [1.29, 1.82) is 0 Å². The van der Waals surface area contributed by atoms with Gasteiger partial charge in [0.05, 0.1) is 25.1 Å². The van der Waals surface area contributed by atoms with Gasteiger partial charge in [0.1, 0.15) is 11.6 Å². The second-order valence-electron chi connectivity index (χ2n) is 10.9. The second-order valence-corrected chi connectivity index (χ2v) is 10.9. The summed E-state index contributed by atoms with van der Waals surface area (Å²) in [7, 11) is 0. The fourth-order valence-electron chi connectivity index (χ4n) is 4.99. The van der Waals surface area contributed by atoms with Crippen molar-refractivity contribution < 1.29 is 18.3 Å². The van der Waals surface area contributed by atoms with Crippen molar-refractivity contribution in [3.8, 4) is 11.1 Å². The Morgan fingerprint density at radius 2 is 1.95 bits per heavy atom. The fraction of sp³-hybridized carbons (Fsp3) is 0.429. The van der Waals surface area contributed by atoms with E-state index in [1.165, 1.54) is 12.3 Å². The van der Waals surface area contributed by atoms with E-state index in [0.29, 0.717) is 25.0 Å². The molecule has 4 aromatic rings. The van der Waals surface area contributed by atoms with Crippen LogP contribution in [0.5, 0.6) is 0 Å². The van der Waals surface area contributed by atoms with Crippen molar-refractivity contribution in [2.45, 2.75) is 50.9 Å². The number of amides is 1. The largest absolute Gasteiger partial charge is 0.435 e. The van der Waals surface area contributed by atoms with E-state index in [1.54, 1.807) is 6.07 Å². The van der Waals surface area contributed by atoms with Gasteiger partial charge in [-0.05, 0) is 73.6 Å². The first-order valence-electron chi connectivity index (χ1n) is 13.2. The first kappa shape index (κ1) is 23.3. The highest BCUT2D eigenvalue weighted by molar-refractivity contribution is 6.02. The van der Waals surface area contributed by atoms with Gasteiger partial charge >= 0.3 is 0 Å². The first-order chi connectivity index (χ1) is 18.4. The van der Waals surface area contributed by atoms with Gasteiger partial charge in [-0.1, -0.05) is 6.92 Å². The van der Waals surface area contributed by atoms with Gasteiger partial charge in [-0.2, -0.15) is 4.52 Å². The third kappa shape index (κ3) is 4.13. The number of halogens is 1. The minimum absolute atomic E-state index is 0.0711. The van der Waals surface area contributed by atoms with Crippen molar-refractivity contribution >= 4 is 23.1 Å². The van der Waals surface area contributed by atoms with E-state index in [0.717, 1.165) is 72.8 Å². The van der Waals surface area contributed by atoms with Crippen LogP contribution < -0.4 is 10.2 Å². The standard InChI is InChI=1S/C28H29FN6O3/c1-16-11-20(29)21(31-26(36)22-15-30-27(38-22)28(2)5-6-28)14-19(16)18-12-23-32-25(17-3-4-17)33-35(23)24(13-18)34-7-9-37-10-8-34/h11-15,17H,3-10H2,1-2H3,(H,31,36). The summed E-state index contributed by atoms with van der Waals surface area (Å²) in [5.41, 5.74) is 3.17. The lowest BCUT2D eigenvalue weighted by Gasteiger charge is -2.29. The van der Waals surface area contributed by atoms with E-state index in [-0.39, 0.29) is 16.9 Å². The summed E-state index contributed by atoms with van der Waals surface area (Å²) < 4.78 is 28.2. The summed E-state index contributed by atoms with van der Waals surface area (Å²) in [6.45, 7) is 6.70. The molecule has 0 unspecified atom stereocenters. The summed E-state index contributed by atoms with van der Waals surface area (Å²) in [5, 5.41) is 7.51. The highest BCUT2D eigenvalue weighted by Crippen LogP contribution is 2.47. The third-order valence-electron chi connectivity index (χ3n) is 7.83. The van der Waals surface area contributed by atoms with Crippen molar-refractivity contribution in [3.63, 3.8) is 0 Å². The summed E-state index contributed by atoms with van der Waals surface area (Å²) in [5.74, 6) is 1.80. The lowest BCUT2D eigenvalue weighted by molar-refractivity contribution is 0.0993. The maximum Gasteiger partial charge on any atom is 0.293 e. The Balaban J connectivity index is 1.25. The predicted molar refractivity (Wildman–Crippen MR) is 139 cm³/mol. The van der Waals surface area contributed by atoms with Gasteiger partial charge in [0.15, 0.2) is 11.5 Å². The summed E-state index contributed by atoms with van der Waals surface area (Å²) >= 11 is 0. The van der Waals surface area contributed by atoms with E-state index in [9.17, 15) is 4.79 Å². The Labute approximate surface area is 219 Å². The van der Waals surface area contributed by atoms with Crippen LogP contribution in [0.1, 0.15) is 66.4 Å². The maximum atomic E-state index is 15.0. The number of aromatic nitrogens is 4. The molecular weight excluding hydrogens is 487 g/mol. The molecule has 7 rings (SSSR count). The quantitative estimate of drug-likeness (QED) is 0.391. The minimum Gasteiger partial charge on any atom is -0.435 e. The predicted octanol–water partition coefficient (Wildman–Crippen LogP) is 4.85. The van der Waals surface area contributed by atoms with E-state index in [4.69, 9.17) is 19.2 Å². The lowest BCUT2D eigenvalue weighted by Crippen LogP contribution is -2.37. The molecule has 9 nitrogen and oxygen atoms in total. The van der Waals surface area contributed by atoms with Gasteiger partial charge < -0.3 is 19.4 Å². The summed E-state index contributed by atoms with van der Waals surface area (Å²) in [6.07, 6.45) is 5.60. The molecule has 0 bridgehead atoms. The SMILES string of the molecule is Cc1cc(F)c(NC(=O)c2cnc(C3(C)CC3)o2)cc1-c1cc(N2CCOCC2)n2nc(C3CC3)nc2c1. The molecule has 196 valence electrons. The summed E-state index contributed by atoms with van der Waals surface area (Å²) in [6, 6.07) is 7.16. The number of fused-ring (bicyclic) bond motifs is 1. The number of nitrogens with zero attached hydrogens (tertiary/aromatic N) is 5. The van der Waals surface area contributed by atoms with Crippen LogP contribution in [0.2, 0.25) is 0 Å². The Morgan fingerprint density at radius 1 is 1.16 bits per heavy atom. The van der Waals surface area contributed by atoms with Gasteiger partial charge in [-0.15, -0.1) is 5.10 Å². The van der Waals surface area contributed by atoms with Crippen LogP contribution >= 0.6 is 0 Å². The fourth-order valence-corrected chi connectivity index (χ4v) is 4.99. The number of rotatable bonds is 6. The van der Waals surface area contributed by atoms with Gasteiger partial charge in [0.2, 0.25) is 11.7 Å². The summed E-state index contributed by atoms with van der Waals surface area (Å²) in [4.78, 5) is 24.3. The van der Waals surface area contributed by atoms with Crippen LogP contribution in [0, 0.1) is 12.7 Å². The molecule has 38 heavy (non-hydrogen) atoms. The molecule has 2 aliphatic carbocycles. The molecule has 1 amide bonds. The maximum absolute atomic E-state index is 15.0. The van der Waals surface area contributed by atoms with Crippen LogP contribution in [0.3, 0.4) is 0 Å². The smallest absolute Gasteiger partial charge is 0.293 e. The first-order valence-corrected chi connectivity index (χ1v) is 13.2. The highest BCUT2D eigenvalue weighted by atomic mass is 19.1. The van der Waals surface area contributed by atoms with Crippen molar-refractivity contribution in [2.75, 3.05) is 36.5 Å². The van der Waals surface area contributed by atoms with Crippen molar-refractivity contribution in [2.24, 2.45) is 0 Å². The van der Waals surface area contributed by atoms with Crippen LogP contribution in [0.15, 0.2) is 34.9 Å². The molecule has 1 aliphatic heterocycles. The monoisotopic (exact) mass is 516 g/mol. The number of nitrogens with one attached hydrogen (secondary N) is 1. The number of aryl methyl sites for hydroxylation is 1. The molecule has 4 heterocycles. The van der Waals surface area contributed by atoms with E-state index in [1.807, 2.05) is 17.5 Å². The van der Waals surface area contributed by atoms with E-state index >= 15 is 4.39 Å². The van der Waals surface area contributed by atoms with E-state index in [2.05, 4.69) is 28.2 Å². The zero-order valence-corrected chi connectivity index (χ0v) is 21.5. The molecule has 2 saturated carbocycles. The minimum atomic E-state index is -0.530. The molecule has 3 aliphatic rings. The van der Waals surface area contributed by atoms with Gasteiger partial charge in [0, 0.05) is 24.4 Å². The zero-order chi connectivity index (χ0) is 26.0. The number of benzene rings is 1. The number of oxazole rings is 1. The Morgan fingerprint density at radius 3 is 2.68 bits per heavy atom. The molecule has 1 saturated heterocycles. The number of hydrogen-bond donors (Lipinski definition) is 1. The molecular formula is C28H29FN6O3. The normalized spacial score (nSPS) is 18.7. The number of pyridine rings is 1. The molecule has 3 fully saturated rings. The molecule has 0 spiro atoms. The highest BCUT2D eigenvalue weighted by Gasteiger charge is 2.44. The number of carbonyl (C=O) groups excluding carboxylic acids is 1. The Bertz CT molecular complexity index is 1560. The zero-order valence-electron chi connectivity index (χ0n) is 21.5. The Kier molecular flexibility index (Phi) is 5.30. The third-order valence-corrected chi connectivity index (χ3v) is 7.83. The number of carbonyl (C=O) groups is 1. The number of morpholine rings is 1. The Hall–Kier alpha value is -3.79. The second kappa shape index (κ2) is 8.62. The number of hydrogen-bond acceptors (Lipinski definition) is 7. The lowest BCUT2D eigenvalue weighted by atomic mass is 9.99. The number of ether oxygens (including phenoxy) is 1. The average Bonchev–Trinajstić information content (AvgIpc) is 3.80. The molecule has 1 aromatic carbocycles. The average molecular weight is 517 g/mol. The molecule has 0 radical (unpaired) electrons. The van der Waals surface area contributed by atoms with Gasteiger partial charge in [0.25, 0.3) is 5.91 Å². The van der Waals surface area contributed by atoms with Crippen LogP contribution in [-0.2, 0) is 10.2 Å². The van der Waals surface area contributed by atoms with Crippen LogP contribution in [0.25, 0.3) is 16.8 Å².